The number of aromatic amines is 2. The van der Waals surface area contributed by atoms with E-state index in [9.17, 15) is 23.2 Å². The van der Waals surface area contributed by atoms with Gasteiger partial charge >= 0.3 is 0 Å². The zero-order chi connectivity index (χ0) is 32.7. The number of fused-ring (bicyclic) bond motifs is 1. The number of amides is 3. The highest BCUT2D eigenvalue weighted by molar-refractivity contribution is 6.01. The maximum atomic E-state index is 14.9. The molecule has 9 rings (SSSR count). The van der Waals surface area contributed by atoms with E-state index >= 15 is 0 Å². The van der Waals surface area contributed by atoms with Gasteiger partial charge in [-0.05, 0) is 61.4 Å². The van der Waals surface area contributed by atoms with Crippen LogP contribution in [0.25, 0.3) is 22.3 Å². The first kappa shape index (κ1) is 29.8. The van der Waals surface area contributed by atoms with Crippen LogP contribution in [0.1, 0.15) is 74.1 Å². The molecule has 3 fully saturated rings. The second-order valence-corrected chi connectivity index (χ2v) is 14.1. The van der Waals surface area contributed by atoms with Crippen LogP contribution in [-0.4, -0.2) is 63.9 Å². The predicted octanol–water partition coefficient (Wildman–Crippen LogP) is 5.43. The summed E-state index contributed by atoms with van der Waals surface area (Å²) in [4.78, 5) is 48.8. The molecule has 4 aromatic rings. The Balaban J connectivity index is 0.886. The lowest BCUT2D eigenvalue weighted by Crippen LogP contribution is -2.59. The van der Waals surface area contributed by atoms with E-state index in [4.69, 9.17) is 0 Å². The SMILES string of the molecule is CN(C(=O)CCC1CCN(c2ccc(C3CCC(=O)NC3=O)cn2)C1)c1ccc2cc(-c3n[nH]c4c3C3C[C@@](C)(C4)C3(F)F)[nH]c2c1. The minimum atomic E-state index is -2.74. The summed E-state index contributed by atoms with van der Waals surface area (Å²) in [5, 5.41) is 10.8. The second kappa shape index (κ2) is 10.7. The minimum absolute atomic E-state index is 0.0259. The van der Waals surface area contributed by atoms with Gasteiger partial charge in [0.2, 0.25) is 17.7 Å². The summed E-state index contributed by atoms with van der Waals surface area (Å²) < 4.78 is 29.9. The van der Waals surface area contributed by atoms with Crippen molar-refractivity contribution < 1.29 is 23.2 Å². The number of imide groups is 1. The van der Waals surface area contributed by atoms with Gasteiger partial charge in [0, 0.05) is 78.9 Å². The van der Waals surface area contributed by atoms with E-state index in [-0.39, 0.29) is 23.6 Å². The summed E-state index contributed by atoms with van der Waals surface area (Å²) in [5.41, 5.74) is 4.07. The Morgan fingerprint density at radius 1 is 1.15 bits per heavy atom. The molecule has 4 atom stereocenters. The standard InChI is InChI=1S/C35H37F2N7O3/c1-34-15-24(35(34,36)37)31-27(16-34)41-42-32(31)26-13-20-4-6-22(14-25(20)39-26)43(2)30(46)10-3-19-11-12-44(18-19)28-8-5-21(17-38-28)23-7-9-29(45)40-33(23)47/h4-6,8,13-14,17,19,23-24,39H,3,7,9-12,15-16,18H2,1-2H3,(H,41,42)(H,40,45,47)/t19?,23?,24?,34-/m0/s1. The zero-order valence-electron chi connectivity index (χ0n) is 26.4. The molecular weight excluding hydrogens is 604 g/mol. The Bertz CT molecular complexity index is 1920. The molecule has 2 aliphatic heterocycles. The maximum Gasteiger partial charge on any atom is 0.260 e. The smallest absolute Gasteiger partial charge is 0.260 e. The number of alkyl halides is 2. The molecule has 47 heavy (non-hydrogen) atoms. The summed E-state index contributed by atoms with van der Waals surface area (Å²) in [6, 6.07) is 11.6. The van der Waals surface area contributed by atoms with Gasteiger partial charge in [0.15, 0.2) is 0 Å². The highest BCUT2D eigenvalue weighted by Crippen LogP contribution is 2.68. The van der Waals surface area contributed by atoms with Gasteiger partial charge in [-0.15, -0.1) is 0 Å². The number of rotatable bonds is 7. The number of benzene rings is 1. The second-order valence-electron chi connectivity index (χ2n) is 14.1. The van der Waals surface area contributed by atoms with Crippen LogP contribution in [0.5, 0.6) is 0 Å². The van der Waals surface area contributed by atoms with Crippen LogP contribution >= 0.6 is 0 Å². The molecule has 10 nitrogen and oxygen atoms in total. The topological polar surface area (TPSA) is 127 Å². The molecule has 3 aromatic heterocycles. The number of nitrogens with zero attached hydrogens (tertiary/aromatic N) is 4. The molecule has 3 aliphatic carbocycles. The summed E-state index contributed by atoms with van der Waals surface area (Å²) in [7, 11) is 1.78. The van der Waals surface area contributed by atoms with Gasteiger partial charge in [0.1, 0.15) is 11.5 Å². The number of carbonyl (C=O) groups excluding carboxylic acids is 3. The van der Waals surface area contributed by atoms with Crippen molar-refractivity contribution in [3.05, 3.63) is 59.4 Å². The van der Waals surface area contributed by atoms with E-state index < -0.39 is 17.3 Å². The molecule has 2 bridgehead atoms. The van der Waals surface area contributed by atoms with Crippen LogP contribution in [0.3, 0.4) is 0 Å². The largest absolute Gasteiger partial charge is 0.356 e. The van der Waals surface area contributed by atoms with Gasteiger partial charge in [-0.2, -0.15) is 5.10 Å². The first-order valence-corrected chi connectivity index (χ1v) is 16.4. The number of nitrogens with one attached hydrogen (secondary N) is 3. The molecule has 0 spiro atoms. The summed E-state index contributed by atoms with van der Waals surface area (Å²) in [6.07, 6.45) is 5.47. The van der Waals surface area contributed by atoms with Crippen molar-refractivity contribution in [2.24, 2.45) is 11.3 Å². The van der Waals surface area contributed by atoms with Crippen LogP contribution in [0.4, 0.5) is 20.3 Å². The van der Waals surface area contributed by atoms with Crippen molar-refractivity contribution in [2.45, 2.75) is 69.6 Å². The molecule has 3 amide bonds. The van der Waals surface area contributed by atoms with Gasteiger partial charge in [0.05, 0.1) is 17.5 Å². The lowest BCUT2D eigenvalue weighted by molar-refractivity contribution is -0.220. The number of carbonyl (C=O) groups is 3. The van der Waals surface area contributed by atoms with Gasteiger partial charge in [-0.3, -0.25) is 24.8 Å². The molecule has 244 valence electrons. The lowest BCUT2D eigenvalue weighted by Gasteiger charge is -2.56. The van der Waals surface area contributed by atoms with E-state index in [1.54, 1.807) is 25.1 Å². The number of pyridine rings is 1. The third kappa shape index (κ3) is 4.82. The van der Waals surface area contributed by atoms with Crippen molar-refractivity contribution in [2.75, 3.05) is 29.9 Å². The Hall–Kier alpha value is -4.61. The van der Waals surface area contributed by atoms with Gasteiger partial charge in [-0.1, -0.05) is 19.1 Å². The van der Waals surface area contributed by atoms with Crippen LogP contribution in [0.15, 0.2) is 42.6 Å². The zero-order valence-corrected chi connectivity index (χ0v) is 26.4. The third-order valence-corrected chi connectivity index (χ3v) is 11.1. The molecule has 12 heteroatoms. The number of hydrogen-bond acceptors (Lipinski definition) is 6. The maximum absolute atomic E-state index is 14.9. The molecule has 0 radical (unpaired) electrons. The summed E-state index contributed by atoms with van der Waals surface area (Å²) in [5.74, 6) is -3.17. The Kier molecular flexibility index (Phi) is 6.79. The number of aromatic nitrogens is 4. The van der Waals surface area contributed by atoms with Crippen molar-refractivity contribution in [3.8, 4) is 11.4 Å². The number of piperidine rings is 1. The molecule has 5 heterocycles. The van der Waals surface area contributed by atoms with Crippen LogP contribution in [0.2, 0.25) is 0 Å². The molecule has 2 saturated heterocycles. The van der Waals surface area contributed by atoms with Crippen LogP contribution in [-0.2, 0) is 20.8 Å². The lowest BCUT2D eigenvalue weighted by atomic mass is 9.51. The highest BCUT2D eigenvalue weighted by atomic mass is 19.3. The van der Waals surface area contributed by atoms with Crippen LogP contribution < -0.4 is 15.1 Å². The van der Waals surface area contributed by atoms with Crippen molar-refractivity contribution in [1.29, 1.82) is 0 Å². The average molecular weight is 642 g/mol. The quantitative estimate of drug-likeness (QED) is 0.231. The van der Waals surface area contributed by atoms with Crippen molar-refractivity contribution in [3.63, 3.8) is 0 Å². The number of halogens is 2. The Morgan fingerprint density at radius 3 is 2.77 bits per heavy atom. The normalized spacial score (nSPS) is 26.2. The van der Waals surface area contributed by atoms with Gasteiger partial charge in [-0.25, -0.2) is 13.8 Å². The van der Waals surface area contributed by atoms with Gasteiger partial charge in [0.25, 0.3) is 5.92 Å². The molecule has 5 aliphatic rings. The van der Waals surface area contributed by atoms with Crippen molar-refractivity contribution in [1.82, 2.24) is 25.5 Å². The minimum Gasteiger partial charge on any atom is -0.356 e. The Labute approximate surface area is 270 Å². The monoisotopic (exact) mass is 641 g/mol. The van der Waals surface area contributed by atoms with E-state index in [0.717, 1.165) is 59.6 Å². The van der Waals surface area contributed by atoms with Gasteiger partial charge < -0.3 is 14.8 Å². The Morgan fingerprint density at radius 2 is 2.00 bits per heavy atom. The summed E-state index contributed by atoms with van der Waals surface area (Å²) >= 11 is 0. The molecule has 3 N–H and O–H groups in total. The first-order chi connectivity index (χ1) is 22.5. The number of H-pyrrole nitrogens is 2. The third-order valence-electron chi connectivity index (χ3n) is 11.1. The number of anilines is 2. The fourth-order valence-electron chi connectivity index (χ4n) is 8.14. The summed E-state index contributed by atoms with van der Waals surface area (Å²) in [6.45, 7) is 3.31. The molecule has 1 saturated carbocycles. The van der Waals surface area contributed by atoms with Crippen LogP contribution in [0, 0.1) is 11.3 Å². The molecule has 3 unspecified atom stereocenters. The van der Waals surface area contributed by atoms with E-state index in [0.29, 0.717) is 55.0 Å². The average Bonchev–Trinajstić information content (AvgIpc) is 3.81. The fraction of sp³-hybridized carbons (Fsp3) is 0.457. The van der Waals surface area contributed by atoms with Crippen molar-refractivity contribution >= 4 is 40.1 Å². The molecular formula is C35H37F2N7O3. The van der Waals surface area contributed by atoms with E-state index in [2.05, 4.69) is 30.4 Å². The highest BCUT2D eigenvalue weighted by Gasteiger charge is 2.70. The van der Waals surface area contributed by atoms with E-state index in [1.807, 2.05) is 36.4 Å². The van der Waals surface area contributed by atoms with E-state index in [1.165, 1.54) is 0 Å². The first-order valence-electron chi connectivity index (χ1n) is 16.4. The number of hydrogen-bond donors (Lipinski definition) is 3. The predicted molar refractivity (Wildman–Crippen MR) is 172 cm³/mol. The molecule has 1 aromatic carbocycles. The fourth-order valence-corrected chi connectivity index (χ4v) is 8.14.